The Morgan fingerprint density at radius 2 is 2.44 bits per heavy atom. The normalized spacial score (nSPS) is 25.0. The van der Waals surface area contributed by atoms with Gasteiger partial charge in [0, 0.05) is 19.3 Å². The Labute approximate surface area is 107 Å². The van der Waals surface area contributed by atoms with Crippen molar-refractivity contribution in [3.8, 4) is 0 Å². The molecule has 0 spiro atoms. The van der Waals surface area contributed by atoms with Gasteiger partial charge in [-0.25, -0.2) is 0 Å². The maximum absolute atomic E-state index is 11.5. The fourth-order valence-corrected chi connectivity index (χ4v) is 2.35. The van der Waals surface area contributed by atoms with E-state index in [2.05, 4.69) is 4.98 Å². The van der Waals surface area contributed by atoms with Crippen LogP contribution in [-0.4, -0.2) is 41.1 Å². The van der Waals surface area contributed by atoms with Gasteiger partial charge in [0.05, 0.1) is 18.4 Å². The molecule has 1 aliphatic rings. The molecule has 1 aromatic heterocycles. The zero-order valence-electron chi connectivity index (χ0n) is 10.8. The molecule has 0 bridgehead atoms. The molecule has 2 rings (SSSR count). The van der Waals surface area contributed by atoms with Gasteiger partial charge in [-0.15, -0.1) is 0 Å². The van der Waals surface area contributed by atoms with Crippen LogP contribution >= 0.6 is 0 Å². The van der Waals surface area contributed by atoms with Gasteiger partial charge < -0.3 is 10.5 Å². The first-order valence-electron chi connectivity index (χ1n) is 6.15. The fourth-order valence-electron chi connectivity index (χ4n) is 2.35. The number of hydrogen-bond acceptors (Lipinski definition) is 4. The molecule has 0 radical (unpaired) electrons. The van der Waals surface area contributed by atoms with Gasteiger partial charge in [0.15, 0.2) is 0 Å². The number of carbonyl (C=O) groups is 1. The summed E-state index contributed by atoms with van der Waals surface area (Å²) in [5.41, 5.74) is 7.57. The predicted octanol–water partition coefficient (Wildman–Crippen LogP) is 0.465. The number of aromatic nitrogens is 1. The summed E-state index contributed by atoms with van der Waals surface area (Å²) in [5.74, 6) is -0.337. The minimum Gasteiger partial charge on any atom is -0.375 e. The summed E-state index contributed by atoms with van der Waals surface area (Å²) in [5, 5.41) is 0. The summed E-state index contributed by atoms with van der Waals surface area (Å²) in [7, 11) is 0. The summed E-state index contributed by atoms with van der Waals surface area (Å²) >= 11 is 0. The number of rotatable bonds is 3. The number of morpholine rings is 1. The van der Waals surface area contributed by atoms with Crippen LogP contribution in [-0.2, 0) is 16.1 Å². The van der Waals surface area contributed by atoms with Gasteiger partial charge in [-0.3, -0.25) is 14.7 Å². The third-order valence-electron chi connectivity index (χ3n) is 3.36. The first-order valence-corrected chi connectivity index (χ1v) is 6.15. The van der Waals surface area contributed by atoms with Crippen molar-refractivity contribution in [3.63, 3.8) is 0 Å². The number of amides is 1. The maximum atomic E-state index is 11.5. The van der Waals surface area contributed by atoms with Crippen molar-refractivity contribution in [1.82, 2.24) is 9.88 Å². The Morgan fingerprint density at radius 1 is 1.67 bits per heavy atom. The monoisotopic (exact) mass is 249 g/mol. The average Bonchev–Trinajstić information content (AvgIpc) is 2.31. The number of carbonyl (C=O) groups excluding carboxylic acids is 1. The van der Waals surface area contributed by atoms with E-state index >= 15 is 0 Å². The molecule has 0 aromatic carbocycles. The molecule has 5 nitrogen and oxygen atoms in total. The number of nitrogens with zero attached hydrogens (tertiary/aromatic N) is 2. The number of hydrogen-bond donors (Lipinski definition) is 1. The molecule has 2 atom stereocenters. The number of primary amides is 1. The number of ether oxygens (including phenoxy) is 1. The molecule has 2 N–H and O–H groups in total. The molecule has 1 aliphatic heterocycles. The van der Waals surface area contributed by atoms with Crippen LogP contribution in [0.3, 0.4) is 0 Å². The van der Waals surface area contributed by atoms with Gasteiger partial charge >= 0.3 is 0 Å². The Bertz CT molecular complexity index is 436. The molecule has 1 saturated heterocycles. The van der Waals surface area contributed by atoms with Gasteiger partial charge in [0.1, 0.15) is 6.04 Å². The zero-order valence-corrected chi connectivity index (χ0v) is 10.8. The maximum Gasteiger partial charge on any atom is 0.237 e. The van der Waals surface area contributed by atoms with Crippen LogP contribution in [0.4, 0.5) is 0 Å². The predicted molar refractivity (Wildman–Crippen MR) is 67.8 cm³/mol. The van der Waals surface area contributed by atoms with Gasteiger partial charge in [0.25, 0.3) is 0 Å². The molecule has 0 aliphatic carbocycles. The Kier molecular flexibility index (Phi) is 3.93. The highest BCUT2D eigenvalue weighted by atomic mass is 16.5. The van der Waals surface area contributed by atoms with Crippen molar-refractivity contribution in [1.29, 1.82) is 0 Å². The van der Waals surface area contributed by atoms with E-state index in [4.69, 9.17) is 10.5 Å². The standard InChI is InChI=1S/C13H19N3O2/c1-9-4-3-5-15-11(9)8-16-6-7-18-10(2)12(16)13(14)17/h3-5,10,12H,6-8H2,1-2H3,(H2,14,17)/t10-,12+/m1/s1. The van der Waals surface area contributed by atoms with E-state index in [1.54, 1.807) is 6.20 Å². The molecule has 0 unspecified atom stereocenters. The molecular weight excluding hydrogens is 230 g/mol. The molecule has 2 heterocycles. The lowest BCUT2D eigenvalue weighted by Crippen LogP contribution is -2.56. The van der Waals surface area contributed by atoms with Crippen LogP contribution in [0.15, 0.2) is 18.3 Å². The minimum absolute atomic E-state index is 0.166. The largest absolute Gasteiger partial charge is 0.375 e. The topological polar surface area (TPSA) is 68.5 Å². The highest BCUT2D eigenvalue weighted by Gasteiger charge is 2.33. The summed E-state index contributed by atoms with van der Waals surface area (Å²) < 4.78 is 5.49. The van der Waals surface area contributed by atoms with E-state index in [1.165, 1.54) is 0 Å². The second kappa shape index (κ2) is 5.46. The van der Waals surface area contributed by atoms with Crippen LogP contribution in [0.2, 0.25) is 0 Å². The number of nitrogens with two attached hydrogens (primary N) is 1. The van der Waals surface area contributed by atoms with Gasteiger partial charge in [-0.1, -0.05) is 6.07 Å². The first kappa shape index (κ1) is 13.0. The molecular formula is C13H19N3O2. The lowest BCUT2D eigenvalue weighted by atomic mass is 10.1. The highest BCUT2D eigenvalue weighted by molar-refractivity contribution is 5.80. The number of pyridine rings is 1. The Balaban J connectivity index is 2.16. The summed E-state index contributed by atoms with van der Waals surface area (Å²) in [4.78, 5) is 17.9. The first-order chi connectivity index (χ1) is 8.59. The third-order valence-corrected chi connectivity index (χ3v) is 3.36. The molecule has 1 aromatic rings. The second-order valence-electron chi connectivity index (χ2n) is 4.66. The zero-order chi connectivity index (χ0) is 13.1. The lowest BCUT2D eigenvalue weighted by molar-refractivity contribution is -0.136. The summed E-state index contributed by atoms with van der Waals surface area (Å²) in [6.07, 6.45) is 1.60. The molecule has 5 heteroatoms. The lowest BCUT2D eigenvalue weighted by Gasteiger charge is -2.37. The van der Waals surface area contributed by atoms with Crippen molar-refractivity contribution in [2.24, 2.45) is 5.73 Å². The minimum atomic E-state index is -0.375. The van der Waals surface area contributed by atoms with Crippen molar-refractivity contribution in [3.05, 3.63) is 29.6 Å². The van der Waals surface area contributed by atoms with E-state index in [0.29, 0.717) is 19.7 Å². The van der Waals surface area contributed by atoms with Crippen LogP contribution < -0.4 is 5.73 Å². The third kappa shape index (κ3) is 2.68. The van der Waals surface area contributed by atoms with Crippen molar-refractivity contribution >= 4 is 5.91 Å². The quantitative estimate of drug-likeness (QED) is 0.845. The highest BCUT2D eigenvalue weighted by Crippen LogP contribution is 2.17. The number of aryl methyl sites for hydroxylation is 1. The fraction of sp³-hybridized carbons (Fsp3) is 0.538. The van der Waals surface area contributed by atoms with E-state index in [9.17, 15) is 4.79 Å². The Hall–Kier alpha value is -1.46. The van der Waals surface area contributed by atoms with Gasteiger partial charge in [-0.2, -0.15) is 0 Å². The van der Waals surface area contributed by atoms with Crippen molar-refractivity contribution < 1.29 is 9.53 Å². The smallest absolute Gasteiger partial charge is 0.237 e. The second-order valence-corrected chi connectivity index (χ2v) is 4.66. The van der Waals surface area contributed by atoms with E-state index in [1.807, 2.05) is 30.9 Å². The SMILES string of the molecule is Cc1cccnc1CN1CCO[C@H](C)[C@H]1C(N)=O. The molecule has 1 amide bonds. The van der Waals surface area contributed by atoms with Gasteiger partial charge in [-0.05, 0) is 25.5 Å². The van der Waals surface area contributed by atoms with Crippen LogP contribution in [0.25, 0.3) is 0 Å². The molecule has 0 saturated carbocycles. The summed E-state index contributed by atoms with van der Waals surface area (Å²) in [6, 6.07) is 3.55. The van der Waals surface area contributed by atoms with Crippen LogP contribution in [0.1, 0.15) is 18.2 Å². The summed E-state index contributed by atoms with van der Waals surface area (Å²) in [6.45, 7) is 5.86. The average molecular weight is 249 g/mol. The van der Waals surface area contributed by atoms with Crippen molar-refractivity contribution in [2.75, 3.05) is 13.2 Å². The van der Waals surface area contributed by atoms with E-state index in [-0.39, 0.29) is 18.1 Å². The van der Waals surface area contributed by atoms with Gasteiger partial charge in [0.2, 0.25) is 5.91 Å². The van der Waals surface area contributed by atoms with Crippen LogP contribution in [0, 0.1) is 6.92 Å². The molecule has 18 heavy (non-hydrogen) atoms. The Morgan fingerprint density at radius 3 is 3.11 bits per heavy atom. The molecule has 1 fully saturated rings. The van der Waals surface area contributed by atoms with Crippen LogP contribution in [0.5, 0.6) is 0 Å². The van der Waals surface area contributed by atoms with Crippen molar-refractivity contribution in [2.45, 2.75) is 32.5 Å². The van der Waals surface area contributed by atoms with E-state index < -0.39 is 0 Å². The molecule has 98 valence electrons. The van der Waals surface area contributed by atoms with E-state index in [0.717, 1.165) is 11.3 Å².